The van der Waals surface area contributed by atoms with E-state index >= 15 is 0 Å². The van der Waals surface area contributed by atoms with Crippen LogP contribution in [0.3, 0.4) is 0 Å². The minimum atomic E-state index is -0.155. The van der Waals surface area contributed by atoms with Crippen LogP contribution in [0.25, 0.3) is 0 Å². The van der Waals surface area contributed by atoms with Gasteiger partial charge < -0.3 is 15.5 Å². The van der Waals surface area contributed by atoms with Crippen molar-refractivity contribution >= 4 is 6.03 Å². The molecule has 2 amide bonds. The first kappa shape index (κ1) is 15.3. The van der Waals surface area contributed by atoms with Crippen LogP contribution in [0.1, 0.15) is 47.5 Å². The van der Waals surface area contributed by atoms with Crippen LogP contribution in [0.5, 0.6) is 0 Å². The molecule has 1 heterocycles. The van der Waals surface area contributed by atoms with E-state index in [1.54, 1.807) is 0 Å². The number of urea groups is 1. The molecule has 4 heteroatoms. The van der Waals surface area contributed by atoms with Gasteiger partial charge in [-0.1, -0.05) is 13.8 Å². The summed E-state index contributed by atoms with van der Waals surface area (Å²) in [5.74, 6) is 0.524. The Balaban J connectivity index is 2.43. The maximum Gasteiger partial charge on any atom is 0.317 e. The van der Waals surface area contributed by atoms with Gasteiger partial charge in [-0.25, -0.2) is 4.79 Å². The number of carbonyl (C=O) groups excluding carboxylic acids is 1. The van der Waals surface area contributed by atoms with Crippen LogP contribution in [-0.2, 0) is 0 Å². The quantitative estimate of drug-likeness (QED) is 0.812. The fourth-order valence-corrected chi connectivity index (χ4v) is 2.36. The summed E-state index contributed by atoms with van der Waals surface area (Å²) in [5, 5.41) is 6.60. The average molecular weight is 255 g/mol. The standard InChI is InChI=1S/C14H29N3O/c1-6-8-15-12-7-9-17(10-11(12)2)13(18)16-14(3,4)5/h11-12,15H,6-10H2,1-5H3,(H,16,18). The summed E-state index contributed by atoms with van der Waals surface area (Å²) in [5.41, 5.74) is -0.155. The van der Waals surface area contributed by atoms with E-state index in [-0.39, 0.29) is 11.6 Å². The minimum absolute atomic E-state index is 0.0725. The van der Waals surface area contributed by atoms with Crippen LogP contribution in [0.4, 0.5) is 4.79 Å². The van der Waals surface area contributed by atoms with Crippen LogP contribution in [0.15, 0.2) is 0 Å². The fourth-order valence-electron chi connectivity index (χ4n) is 2.36. The van der Waals surface area contributed by atoms with Gasteiger partial charge in [0.1, 0.15) is 0 Å². The molecule has 0 bridgehead atoms. The van der Waals surface area contributed by atoms with Crippen LogP contribution in [-0.4, -0.2) is 42.1 Å². The molecule has 0 aromatic heterocycles. The Bertz CT molecular complexity index is 273. The summed E-state index contributed by atoms with van der Waals surface area (Å²) in [4.78, 5) is 14.0. The van der Waals surface area contributed by atoms with Gasteiger partial charge in [-0.2, -0.15) is 0 Å². The van der Waals surface area contributed by atoms with E-state index in [2.05, 4.69) is 24.5 Å². The molecule has 0 aromatic rings. The minimum Gasteiger partial charge on any atom is -0.333 e. The molecule has 0 aliphatic carbocycles. The lowest BCUT2D eigenvalue weighted by Gasteiger charge is -2.38. The summed E-state index contributed by atoms with van der Waals surface area (Å²) in [6.45, 7) is 13.2. The lowest BCUT2D eigenvalue weighted by molar-refractivity contribution is 0.144. The molecule has 0 aromatic carbocycles. The number of amides is 2. The molecule has 4 nitrogen and oxygen atoms in total. The normalized spacial score (nSPS) is 25.1. The number of piperidine rings is 1. The van der Waals surface area contributed by atoms with Crippen molar-refractivity contribution in [3.05, 3.63) is 0 Å². The molecular formula is C14H29N3O. The van der Waals surface area contributed by atoms with E-state index in [0.717, 1.165) is 32.5 Å². The second-order valence-corrected chi connectivity index (χ2v) is 6.45. The predicted molar refractivity (Wildman–Crippen MR) is 75.7 cm³/mol. The van der Waals surface area contributed by atoms with Crippen molar-refractivity contribution in [2.75, 3.05) is 19.6 Å². The molecule has 106 valence electrons. The van der Waals surface area contributed by atoms with Crippen LogP contribution >= 0.6 is 0 Å². The number of hydrogen-bond acceptors (Lipinski definition) is 2. The first-order valence-electron chi connectivity index (χ1n) is 7.14. The molecule has 2 unspecified atom stereocenters. The lowest BCUT2D eigenvalue weighted by atomic mass is 9.94. The maximum absolute atomic E-state index is 12.1. The molecule has 0 saturated carbocycles. The average Bonchev–Trinajstić information content (AvgIpc) is 2.25. The van der Waals surface area contributed by atoms with E-state index in [0.29, 0.717) is 12.0 Å². The van der Waals surface area contributed by atoms with Gasteiger partial charge in [0.05, 0.1) is 0 Å². The Labute approximate surface area is 111 Å². The van der Waals surface area contributed by atoms with Crippen molar-refractivity contribution in [1.29, 1.82) is 0 Å². The Kier molecular flexibility index (Phi) is 5.45. The van der Waals surface area contributed by atoms with Gasteiger partial charge in [-0.3, -0.25) is 0 Å². The Hall–Kier alpha value is -0.770. The summed E-state index contributed by atoms with van der Waals surface area (Å²) >= 11 is 0. The summed E-state index contributed by atoms with van der Waals surface area (Å²) in [6, 6.07) is 0.631. The van der Waals surface area contributed by atoms with Crippen molar-refractivity contribution in [2.45, 2.75) is 59.0 Å². The molecule has 1 saturated heterocycles. The third-order valence-electron chi connectivity index (χ3n) is 3.33. The number of nitrogens with zero attached hydrogens (tertiary/aromatic N) is 1. The van der Waals surface area contributed by atoms with E-state index in [9.17, 15) is 4.79 Å². The molecule has 1 fully saturated rings. The summed E-state index contributed by atoms with van der Waals surface area (Å²) in [7, 11) is 0. The molecule has 1 aliphatic rings. The molecule has 2 atom stereocenters. The number of rotatable bonds is 3. The lowest BCUT2D eigenvalue weighted by Crippen LogP contribution is -2.55. The monoisotopic (exact) mass is 255 g/mol. The highest BCUT2D eigenvalue weighted by atomic mass is 16.2. The van der Waals surface area contributed by atoms with Crippen molar-refractivity contribution in [3.8, 4) is 0 Å². The van der Waals surface area contributed by atoms with Gasteiger partial charge in [0.15, 0.2) is 0 Å². The molecule has 2 N–H and O–H groups in total. The van der Waals surface area contributed by atoms with Crippen molar-refractivity contribution < 1.29 is 4.79 Å². The van der Waals surface area contributed by atoms with Gasteiger partial charge in [0, 0.05) is 24.7 Å². The zero-order valence-electron chi connectivity index (χ0n) is 12.5. The second kappa shape index (κ2) is 6.41. The third kappa shape index (κ3) is 4.84. The van der Waals surface area contributed by atoms with Gasteiger partial charge in [-0.05, 0) is 46.1 Å². The third-order valence-corrected chi connectivity index (χ3v) is 3.33. The van der Waals surface area contributed by atoms with Gasteiger partial charge in [0.25, 0.3) is 0 Å². The molecule has 18 heavy (non-hydrogen) atoms. The van der Waals surface area contributed by atoms with Gasteiger partial charge >= 0.3 is 6.03 Å². The maximum atomic E-state index is 12.1. The summed E-state index contributed by atoms with van der Waals surface area (Å²) in [6.07, 6.45) is 2.22. The van der Waals surface area contributed by atoms with Crippen LogP contribution in [0.2, 0.25) is 0 Å². The Morgan fingerprint density at radius 2 is 2.06 bits per heavy atom. The van der Waals surface area contributed by atoms with E-state index < -0.39 is 0 Å². The zero-order chi connectivity index (χ0) is 13.8. The smallest absolute Gasteiger partial charge is 0.317 e. The highest BCUT2D eigenvalue weighted by Crippen LogP contribution is 2.17. The number of hydrogen-bond donors (Lipinski definition) is 2. The van der Waals surface area contributed by atoms with Crippen molar-refractivity contribution in [3.63, 3.8) is 0 Å². The van der Waals surface area contributed by atoms with Gasteiger partial charge in [-0.15, -0.1) is 0 Å². The van der Waals surface area contributed by atoms with Crippen molar-refractivity contribution in [2.24, 2.45) is 5.92 Å². The Morgan fingerprint density at radius 1 is 1.39 bits per heavy atom. The Morgan fingerprint density at radius 3 is 2.56 bits per heavy atom. The molecule has 1 rings (SSSR count). The molecule has 1 aliphatic heterocycles. The van der Waals surface area contributed by atoms with Crippen LogP contribution in [0, 0.1) is 5.92 Å². The molecule has 0 spiro atoms. The topological polar surface area (TPSA) is 44.4 Å². The van der Waals surface area contributed by atoms with E-state index in [4.69, 9.17) is 0 Å². The first-order valence-corrected chi connectivity index (χ1v) is 7.14. The molecule has 0 radical (unpaired) electrons. The second-order valence-electron chi connectivity index (χ2n) is 6.45. The summed E-state index contributed by atoms with van der Waals surface area (Å²) < 4.78 is 0. The van der Waals surface area contributed by atoms with E-state index in [1.807, 2.05) is 25.7 Å². The van der Waals surface area contributed by atoms with Gasteiger partial charge in [0.2, 0.25) is 0 Å². The molecular weight excluding hydrogens is 226 g/mol. The number of likely N-dealkylation sites (tertiary alicyclic amines) is 1. The van der Waals surface area contributed by atoms with Crippen molar-refractivity contribution in [1.82, 2.24) is 15.5 Å². The largest absolute Gasteiger partial charge is 0.333 e. The van der Waals surface area contributed by atoms with Crippen LogP contribution < -0.4 is 10.6 Å². The zero-order valence-corrected chi connectivity index (χ0v) is 12.5. The first-order chi connectivity index (χ1) is 8.33. The van der Waals surface area contributed by atoms with E-state index in [1.165, 1.54) is 0 Å². The number of nitrogens with one attached hydrogen (secondary N) is 2. The predicted octanol–water partition coefficient (Wildman–Crippen LogP) is 2.20. The fraction of sp³-hybridized carbons (Fsp3) is 0.929. The number of carbonyl (C=O) groups is 1. The highest BCUT2D eigenvalue weighted by Gasteiger charge is 2.29. The highest BCUT2D eigenvalue weighted by molar-refractivity contribution is 5.75. The SMILES string of the molecule is CCCNC1CCN(C(=O)NC(C)(C)C)CC1C.